The summed E-state index contributed by atoms with van der Waals surface area (Å²) in [7, 11) is 0. The first-order valence-electron chi connectivity index (χ1n) is 9.08. The molecule has 1 aromatic carbocycles. The highest BCUT2D eigenvalue weighted by Gasteiger charge is 2.29. The largest absolute Gasteiger partial charge is 0.508 e. The molecule has 0 aliphatic heterocycles. The number of hydrogen-bond donors (Lipinski definition) is 6. The molecule has 10 heteroatoms. The Labute approximate surface area is 168 Å². The first-order valence-corrected chi connectivity index (χ1v) is 9.08. The van der Waals surface area contributed by atoms with Gasteiger partial charge in [-0.25, -0.2) is 4.79 Å². The Morgan fingerprint density at radius 3 is 2.00 bits per heavy atom. The number of carbonyl (C=O) groups is 4. The lowest BCUT2D eigenvalue weighted by molar-refractivity contribution is -0.143. The van der Waals surface area contributed by atoms with Crippen LogP contribution < -0.4 is 16.4 Å². The Morgan fingerprint density at radius 1 is 0.966 bits per heavy atom. The van der Waals surface area contributed by atoms with Crippen LogP contribution in [0.5, 0.6) is 5.75 Å². The maximum absolute atomic E-state index is 12.5. The molecule has 0 bridgehead atoms. The summed E-state index contributed by atoms with van der Waals surface area (Å²) in [6.07, 6.45) is -0.481. The predicted molar refractivity (Wildman–Crippen MR) is 103 cm³/mol. The second kappa shape index (κ2) is 11.0. The lowest BCUT2D eigenvalue weighted by Crippen LogP contribution is -2.55. The Hall–Kier alpha value is -3.14. The molecule has 0 saturated carbocycles. The highest BCUT2D eigenvalue weighted by atomic mass is 16.4. The molecule has 0 aliphatic rings. The van der Waals surface area contributed by atoms with Crippen LogP contribution in [0.3, 0.4) is 0 Å². The van der Waals surface area contributed by atoms with Crippen molar-refractivity contribution in [1.29, 1.82) is 0 Å². The predicted octanol–water partition coefficient (Wildman–Crippen LogP) is -0.163. The Balaban J connectivity index is 2.87. The average Bonchev–Trinajstić information content (AvgIpc) is 2.61. The highest BCUT2D eigenvalue weighted by molar-refractivity contribution is 5.94. The van der Waals surface area contributed by atoms with Crippen molar-refractivity contribution in [2.24, 2.45) is 11.7 Å². The monoisotopic (exact) mass is 409 g/mol. The quantitative estimate of drug-likeness (QED) is 0.292. The third-order valence-corrected chi connectivity index (χ3v) is 4.06. The number of carbonyl (C=O) groups excluding carboxylic acids is 2. The molecule has 0 fully saturated rings. The van der Waals surface area contributed by atoms with Gasteiger partial charge in [0.25, 0.3) is 0 Å². The molecule has 29 heavy (non-hydrogen) atoms. The van der Waals surface area contributed by atoms with E-state index < -0.39 is 48.3 Å². The molecular formula is C19H27N3O7. The maximum atomic E-state index is 12.5. The summed E-state index contributed by atoms with van der Waals surface area (Å²) in [5, 5.41) is 32.2. The van der Waals surface area contributed by atoms with Crippen LogP contribution in [-0.2, 0) is 25.6 Å². The van der Waals surface area contributed by atoms with Gasteiger partial charge in [0.15, 0.2) is 0 Å². The van der Waals surface area contributed by atoms with Gasteiger partial charge in [0.1, 0.15) is 17.8 Å². The number of nitrogens with one attached hydrogen (secondary N) is 2. The summed E-state index contributed by atoms with van der Waals surface area (Å²) in [6.45, 7) is 3.71. The zero-order valence-electron chi connectivity index (χ0n) is 16.3. The first-order chi connectivity index (χ1) is 13.5. The molecule has 160 valence electrons. The number of aliphatic carboxylic acids is 2. The molecule has 0 saturated heterocycles. The van der Waals surface area contributed by atoms with Gasteiger partial charge in [0, 0.05) is 6.42 Å². The molecule has 0 aliphatic carbocycles. The van der Waals surface area contributed by atoms with Gasteiger partial charge in [-0.05, 0) is 30.0 Å². The van der Waals surface area contributed by atoms with Gasteiger partial charge >= 0.3 is 11.9 Å². The van der Waals surface area contributed by atoms with E-state index in [0.717, 1.165) is 0 Å². The van der Waals surface area contributed by atoms with Crippen LogP contribution >= 0.6 is 0 Å². The number of hydrogen-bond acceptors (Lipinski definition) is 6. The summed E-state index contributed by atoms with van der Waals surface area (Å²) in [5.74, 6) is -4.18. The van der Waals surface area contributed by atoms with Crippen LogP contribution in [0.1, 0.15) is 32.3 Å². The van der Waals surface area contributed by atoms with Crippen molar-refractivity contribution in [2.75, 3.05) is 0 Å². The first kappa shape index (κ1) is 23.9. The van der Waals surface area contributed by atoms with Crippen molar-refractivity contribution in [3.05, 3.63) is 29.8 Å². The maximum Gasteiger partial charge on any atom is 0.326 e. The fraction of sp³-hybridized carbons (Fsp3) is 0.474. The molecular weight excluding hydrogens is 382 g/mol. The molecule has 0 spiro atoms. The van der Waals surface area contributed by atoms with Crippen LogP contribution in [0.4, 0.5) is 0 Å². The zero-order valence-corrected chi connectivity index (χ0v) is 16.3. The molecule has 1 aromatic rings. The number of phenolic OH excluding ortho intramolecular Hbond substituents is 1. The lowest BCUT2D eigenvalue weighted by Gasteiger charge is -2.22. The summed E-state index contributed by atoms with van der Waals surface area (Å²) >= 11 is 0. The number of amides is 2. The van der Waals surface area contributed by atoms with Crippen molar-refractivity contribution >= 4 is 23.8 Å². The summed E-state index contributed by atoms with van der Waals surface area (Å²) < 4.78 is 0. The van der Waals surface area contributed by atoms with E-state index in [2.05, 4.69) is 10.6 Å². The molecule has 0 radical (unpaired) electrons. The van der Waals surface area contributed by atoms with Gasteiger partial charge in [-0.3, -0.25) is 14.4 Å². The summed E-state index contributed by atoms with van der Waals surface area (Å²) in [6, 6.07) is 1.99. The third kappa shape index (κ3) is 8.60. The molecule has 10 nitrogen and oxygen atoms in total. The fourth-order valence-corrected chi connectivity index (χ4v) is 2.62. The smallest absolute Gasteiger partial charge is 0.326 e. The summed E-state index contributed by atoms with van der Waals surface area (Å²) in [5.41, 5.74) is 6.29. The zero-order chi connectivity index (χ0) is 22.1. The van der Waals surface area contributed by atoms with Crippen LogP contribution in [0.15, 0.2) is 24.3 Å². The van der Waals surface area contributed by atoms with Crippen molar-refractivity contribution in [1.82, 2.24) is 10.6 Å². The van der Waals surface area contributed by atoms with E-state index in [4.69, 9.17) is 10.8 Å². The van der Waals surface area contributed by atoms with E-state index in [1.165, 1.54) is 24.3 Å². The van der Waals surface area contributed by atoms with Gasteiger partial charge < -0.3 is 31.7 Å². The Kier molecular flexibility index (Phi) is 9.07. The minimum Gasteiger partial charge on any atom is -0.508 e. The van der Waals surface area contributed by atoms with Crippen molar-refractivity contribution in [3.8, 4) is 5.75 Å². The summed E-state index contributed by atoms with van der Waals surface area (Å²) in [4.78, 5) is 47.3. The van der Waals surface area contributed by atoms with E-state index >= 15 is 0 Å². The van der Waals surface area contributed by atoms with Crippen molar-refractivity contribution in [2.45, 2.75) is 51.2 Å². The van der Waals surface area contributed by atoms with Crippen molar-refractivity contribution in [3.63, 3.8) is 0 Å². The van der Waals surface area contributed by atoms with E-state index in [1.54, 1.807) is 0 Å². The minimum atomic E-state index is -1.47. The normalized spacial score (nSPS) is 13.9. The standard InChI is InChI=1S/C19H27N3O7/c1-10(2)7-13(20)17(26)21-14(9-16(24)25)18(27)22-15(19(28)29)8-11-3-5-12(23)6-4-11/h3-6,10,13-15,23H,7-9,20H2,1-2H3,(H,21,26)(H,22,27)(H,24,25)(H,28,29)/t13-,14-,15-/m0/s1. The highest BCUT2D eigenvalue weighted by Crippen LogP contribution is 2.12. The van der Waals surface area contributed by atoms with Crippen LogP contribution in [0, 0.1) is 5.92 Å². The molecule has 1 rings (SSSR count). The number of carboxylic acid groups (broad SMARTS) is 2. The number of phenols is 1. The molecule has 0 aromatic heterocycles. The molecule has 0 unspecified atom stereocenters. The molecule has 2 amide bonds. The van der Waals surface area contributed by atoms with E-state index in [-0.39, 0.29) is 18.1 Å². The number of rotatable bonds is 11. The number of carboxylic acids is 2. The Morgan fingerprint density at radius 2 is 1.52 bits per heavy atom. The SMILES string of the molecule is CC(C)C[C@H](N)C(=O)N[C@@H](CC(=O)O)C(=O)N[C@@H](Cc1ccc(O)cc1)C(=O)O. The van der Waals surface area contributed by atoms with Gasteiger partial charge in [0.05, 0.1) is 12.5 Å². The van der Waals surface area contributed by atoms with Gasteiger partial charge in [-0.15, -0.1) is 0 Å². The topological polar surface area (TPSA) is 179 Å². The minimum absolute atomic E-state index is 0.00614. The molecule has 0 heterocycles. The lowest BCUT2D eigenvalue weighted by atomic mass is 10.0. The molecule has 3 atom stereocenters. The average molecular weight is 409 g/mol. The second-order valence-corrected chi connectivity index (χ2v) is 7.17. The van der Waals surface area contributed by atoms with Gasteiger partial charge in [-0.1, -0.05) is 26.0 Å². The van der Waals surface area contributed by atoms with Gasteiger partial charge in [0.2, 0.25) is 11.8 Å². The van der Waals surface area contributed by atoms with Crippen molar-refractivity contribution < 1.29 is 34.5 Å². The second-order valence-electron chi connectivity index (χ2n) is 7.17. The fourth-order valence-electron chi connectivity index (χ4n) is 2.62. The molecule has 7 N–H and O–H groups in total. The van der Waals surface area contributed by atoms with Gasteiger partial charge in [-0.2, -0.15) is 0 Å². The number of aromatic hydroxyl groups is 1. The van der Waals surface area contributed by atoms with E-state index in [0.29, 0.717) is 12.0 Å². The van der Waals surface area contributed by atoms with E-state index in [9.17, 15) is 29.4 Å². The van der Waals surface area contributed by atoms with E-state index in [1.807, 2.05) is 13.8 Å². The van der Waals surface area contributed by atoms with Crippen LogP contribution in [0.2, 0.25) is 0 Å². The number of benzene rings is 1. The Bertz CT molecular complexity index is 734. The van der Waals surface area contributed by atoms with Crippen LogP contribution in [-0.4, -0.2) is 57.2 Å². The van der Waals surface area contributed by atoms with Crippen LogP contribution in [0.25, 0.3) is 0 Å². The number of nitrogens with two attached hydrogens (primary N) is 1. The third-order valence-electron chi connectivity index (χ3n) is 4.06.